The van der Waals surface area contributed by atoms with E-state index in [9.17, 15) is 0 Å². The third-order valence-electron chi connectivity index (χ3n) is 2.43. The van der Waals surface area contributed by atoms with E-state index in [-0.39, 0.29) is 0 Å². The van der Waals surface area contributed by atoms with Crippen molar-refractivity contribution in [2.75, 3.05) is 10.2 Å². The molecule has 0 aliphatic heterocycles. The lowest BCUT2D eigenvalue weighted by atomic mass is 10.1. The molecule has 0 aliphatic rings. The third kappa shape index (κ3) is 3.06. The van der Waals surface area contributed by atoms with Crippen molar-refractivity contribution in [1.29, 1.82) is 0 Å². The molecule has 2 aromatic carbocycles. The molecule has 0 aliphatic carbocycles. The lowest BCUT2D eigenvalue weighted by Crippen LogP contribution is -2.01. The summed E-state index contributed by atoms with van der Waals surface area (Å²) >= 11 is 2.32. The Bertz CT molecular complexity index is 521. The summed E-state index contributed by atoms with van der Waals surface area (Å²) < 4.78 is 0.857. The topological polar surface area (TPSA) is 38.4 Å². The summed E-state index contributed by atoms with van der Waals surface area (Å²) in [5.74, 6) is 0. The highest BCUT2D eigenvalue weighted by atomic mass is 127. The van der Waals surface area contributed by atoms with Crippen molar-refractivity contribution >= 4 is 39.7 Å². The van der Waals surface area contributed by atoms with E-state index in [1.807, 2.05) is 42.5 Å². The Morgan fingerprint density at radius 1 is 1.00 bits per heavy atom. The van der Waals surface area contributed by atoms with E-state index in [2.05, 4.69) is 39.7 Å². The van der Waals surface area contributed by atoms with Crippen molar-refractivity contribution < 1.29 is 0 Å². The van der Waals surface area contributed by atoms with Crippen LogP contribution < -0.4 is 5.73 Å². The minimum absolute atomic E-state index is 0.714. The predicted molar refractivity (Wildman–Crippen MR) is 82.4 cm³/mol. The molecule has 0 saturated heterocycles. The van der Waals surface area contributed by atoms with Gasteiger partial charge in [-0.3, -0.25) is 0 Å². The molecular weight excluding hydrogens is 323 g/mol. The summed E-state index contributed by atoms with van der Waals surface area (Å²) in [5, 5.41) is 0. The standard InChI is InChI=1S/C14H13IN2/c15-10-14(11-6-2-1-3-7-11)17-13-9-5-4-8-12(13)16/h1-9H,10,16H2. The molecule has 0 amide bonds. The Labute approximate surface area is 115 Å². The van der Waals surface area contributed by atoms with E-state index >= 15 is 0 Å². The number of para-hydroxylation sites is 2. The second-order valence-corrected chi connectivity index (χ2v) is 4.38. The summed E-state index contributed by atoms with van der Waals surface area (Å²) in [5.41, 5.74) is 9.63. The average molecular weight is 336 g/mol. The fourth-order valence-electron chi connectivity index (χ4n) is 1.54. The molecule has 2 aromatic rings. The number of anilines is 1. The predicted octanol–water partition coefficient (Wildman–Crippen LogP) is 3.82. The molecule has 2 nitrogen and oxygen atoms in total. The zero-order valence-electron chi connectivity index (χ0n) is 9.31. The van der Waals surface area contributed by atoms with Gasteiger partial charge in [-0.2, -0.15) is 0 Å². The lowest BCUT2D eigenvalue weighted by Gasteiger charge is -2.05. The molecular formula is C14H13IN2. The number of benzene rings is 2. The van der Waals surface area contributed by atoms with Crippen molar-refractivity contribution in [3.8, 4) is 0 Å². The maximum Gasteiger partial charge on any atom is 0.0862 e. The molecule has 17 heavy (non-hydrogen) atoms. The summed E-state index contributed by atoms with van der Waals surface area (Å²) in [4.78, 5) is 4.63. The number of alkyl halides is 1. The number of nitrogens with zero attached hydrogens (tertiary/aromatic N) is 1. The van der Waals surface area contributed by atoms with E-state index in [0.717, 1.165) is 21.4 Å². The number of hydrogen-bond donors (Lipinski definition) is 1. The summed E-state index contributed by atoms with van der Waals surface area (Å²) in [6.45, 7) is 0. The summed E-state index contributed by atoms with van der Waals surface area (Å²) in [7, 11) is 0. The first-order valence-electron chi connectivity index (χ1n) is 5.34. The Morgan fingerprint density at radius 2 is 1.65 bits per heavy atom. The van der Waals surface area contributed by atoms with Crippen LogP contribution >= 0.6 is 22.6 Å². The van der Waals surface area contributed by atoms with Gasteiger partial charge in [0.15, 0.2) is 0 Å². The van der Waals surface area contributed by atoms with Crippen molar-refractivity contribution in [2.45, 2.75) is 0 Å². The first kappa shape index (κ1) is 12.1. The van der Waals surface area contributed by atoms with Gasteiger partial charge in [-0.1, -0.05) is 65.1 Å². The van der Waals surface area contributed by atoms with Crippen LogP contribution in [0.1, 0.15) is 5.56 Å². The van der Waals surface area contributed by atoms with Crippen LogP contribution in [-0.4, -0.2) is 10.1 Å². The molecule has 3 heteroatoms. The third-order valence-corrected chi connectivity index (χ3v) is 3.15. The normalized spacial score (nSPS) is 11.5. The van der Waals surface area contributed by atoms with Gasteiger partial charge in [0.25, 0.3) is 0 Å². The second-order valence-electron chi connectivity index (χ2n) is 3.62. The quantitative estimate of drug-likeness (QED) is 0.393. The number of nitrogen functional groups attached to an aromatic ring is 1. The van der Waals surface area contributed by atoms with Crippen LogP contribution in [0, 0.1) is 0 Å². The zero-order valence-corrected chi connectivity index (χ0v) is 11.5. The van der Waals surface area contributed by atoms with Crippen LogP contribution in [0.3, 0.4) is 0 Å². The largest absolute Gasteiger partial charge is 0.397 e. The number of rotatable bonds is 3. The maximum atomic E-state index is 5.89. The minimum atomic E-state index is 0.714. The Balaban J connectivity index is 2.40. The molecule has 0 atom stereocenters. The van der Waals surface area contributed by atoms with Crippen molar-refractivity contribution in [1.82, 2.24) is 0 Å². The molecule has 0 aromatic heterocycles. The Morgan fingerprint density at radius 3 is 2.29 bits per heavy atom. The zero-order chi connectivity index (χ0) is 12.1. The molecule has 0 radical (unpaired) electrons. The SMILES string of the molecule is Nc1ccccc1N=C(CI)c1ccccc1. The molecule has 0 unspecified atom stereocenters. The van der Waals surface area contributed by atoms with Crippen molar-refractivity contribution in [3.63, 3.8) is 0 Å². The minimum Gasteiger partial charge on any atom is -0.397 e. The first-order valence-corrected chi connectivity index (χ1v) is 6.87. The summed E-state index contributed by atoms with van der Waals surface area (Å²) in [6.07, 6.45) is 0. The number of nitrogens with two attached hydrogens (primary N) is 1. The van der Waals surface area contributed by atoms with Gasteiger partial charge in [0.05, 0.1) is 17.1 Å². The van der Waals surface area contributed by atoms with Crippen LogP contribution in [-0.2, 0) is 0 Å². The molecule has 0 heterocycles. The maximum absolute atomic E-state index is 5.89. The van der Waals surface area contributed by atoms with Gasteiger partial charge >= 0.3 is 0 Å². The molecule has 2 rings (SSSR count). The van der Waals surface area contributed by atoms with Gasteiger partial charge in [-0.25, -0.2) is 4.99 Å². The van der Waals surface area contributed by atoms with Crippen LogP contribution in [0.2, 0.25) is 0 Å². The number of aliphatic imine (C=N–C) groups is 1. The van der Waals surface area contributed by atoms with Gasteiger partial charge in [0.1, 0.15) is 0 Å². The summed E-state index contributed by atoms with van der Waals surface area (Å²) in [6, 6.07) is 17.8. The van der Waals surface area contributed by atoms with Crippen LogP contribution in [0.4, 0.5) is 11.4 Å². The fourth-order valence-corrected chi connectivity index (χ4v) is 2.15. The van der Waals surface area contributed by atoms with Gasteiger partial charge in [-0.05, 0) is 17.7 Å². The average Bonchev–Trinajstić information content (AvgIpc) is 2.39. The Hall–Kier alpha value is -1.36. The van der Waals surface area contributed by atoms with E-state index < -0.39 is 0 Å². The van der Waals surface area contributed by atoms with Gasteiger partial charge in [0, 0.05) is 4.43 Å². The van der Waals surface area contributed by atoms with E-state index in [4.69, 9.17) is 5.73 Å². The van der Waals surface area contributed by atoms with Crippen LogP contribution in [0.5, 0.6) is 0 Å². The molecule has 0 fully saturated rings. The molecule has 0 saturated carbocycles. The fraction of sp³-hybridized carbons (Fsp3) is 0.0714. The van der Waals surface area contributed by atoms with E-state index in [0.29, 0.717) is 5.69 Å². The van der Waals surface area contributed by atoms with Gasteiger partial charge in [-0.15, -0.1) is 0 Å². The van der Waals surface area contributed by atoms with Crippen molar-refractivity contribution in [3.05, 3.63) is 60.2 Å². The molecule has 0 spiro atoms. The number of hydrogen-bond acceptors (Lipinski definition) is 2. The monoisotopic (exact) mass is 336 g/mol. The van der Waals surface area contributed by atoms with E-state index in [1.165, 1.54) is 0 Å². The molecule has 86 valence electrons. The van der Waals surface area contributed by atoms with Gasteiger partial charge in [0.2, 0.25) is 0 Å². The van der Waals surface area contributed by atoms with Crippen LogP contribution in [0.15, 0.2) is 59.6 Å². The highest BCUT2D eigenvalue weighted by molar-refractivity contribution is 14.1. The highest BCUT2D eigenvalue weighted by Gasteiger charge is 2.02. The smallest absolute Gasteiger partial charge is 0.0862 e. The lowest BCUT2D eigenvalue weighted by molar-refractivity contribution is 1.48. The Kier molecular flexibility index (Phi) is 4.14. The van der Waals surface area contributed by atoms with Crippen LogP contribution in [0.25, 0.3) is 0 Å². The molecule has 0 bridgehead atoms. The second kappa shape index (κ2) is 5.82. The highest BCUT2D eigenvalue weighted by Crippen LogP contribution is 2.22. The number of halogens is 1. The van der Waals surface area contributed by atoms with Crippen molar-refractivity contribution in [2.24, 2.45) is 4.99 Å². The van der Waals surface area contributed by atoms with E-state index in [1.54, 1.807) is 0 Å². The first-order chi connectivity index (χ1) is 8.31. The van der Waals surface area contributed by atoms with Gasteiger partial charge < -0.3 is 5.73 Å². The molecule has 2 N–H and O–H groups in total.